The van der Waals surface area contributed by atoms with Crippen molar-refractivity contribution in [2.24, 2.45) is 5.92 Å². The van der Waals surface area contributed by atoms with Crippen LogP contribution in [-0.4, -0.2) is 11.2 Å². The quantitative estimate of drug-likeness (QED) is 0.859. The summed E-state index contributed by atoms with van der Waals surface area (Å²) in [6, 6.07) is 4.63. The highest BCUT2D eigenvalue weighted by atomic mass is 35.5. The minimum absolute atomic E-state index is 0.315. The van der Waals surface area contributed by atoms with Gasteiger partial charge >= 0.3 is 0 Å². The third-order valence-corrected chi connectivity index (χ3v) is 3.62. The Balaban J connectivity index is 2.02. The van der Waals surface area contributed by atoms with Crippen LogP contribution in [0.4, 0.5) is 4.39 Å². The van der Waals surface area contributed by atoms with Crippen LogP contribution in [0.2, 0.25) is 5.02 Å². The Labute approximate surface area is 100 Å². The molecule has 0 aliphatic heterocycles. The van der Waals surface area contributed by atoms with Crippen molar-refractivity contribution in [3.8, 4) is 0 Å². The van der Waals surface area contributed by atoms with E-state index in [1.54, 1.807) is 12.1 Å². The Kier molecular flexibility index (Phi) is 3.82. The Morgan fingerprint density at radius 1 is 1.38 bits per heavy atom. The molecule has 1 N–H and O–H groups in total. The van der Waals surface area contributed by atoms with E-state index in [1.165, 1.54) is 18.9 Å². The van der Waals surface area contributed by atoms with Crippen molar-refractivity contribution in [2.75, 3.05) is 0 Å². The fourth-order valence-electron chi connectivity index (χ4n) is 2.42. The van der Waals surface area contributed by atoms with E-state index in [1.807, 2.05) is 0 Å². The first kappa shape index (κ1) is 11.9. The van der Waals surface area contributed by atoms with Gasteiger partial charge in [-0.15, -0.1) is 0 Å². The van der Waals surface area contributed by atoms with Crippen LogP contribution in [0.15, 0.2) is 18.2 Å². The summed E-state index contributed by atoms with van der Waals surface area (Å²) in [5, 5.41) is 10.4. The summed E-state index contributed by atoms with van der Waals surface area (Å²) in [7, 11) is 0. The van der Waals surface area contributed by atoms with Crippen molar-refractivity contribution in [3.05, 3.63) is 34.6 Å². The second kappa shape index (κ2) is 5.15. The molecule has 0 heterocycles. The predicted octanol–water partition coefficient (Wildman–Crippen LogP) is 3.57. The summed E-state index contributed by atoms with van der Waals surface area (Å²) in [6.07, 6.45) is 4.48. The summed E-state index contributed by atoms with van der Waals surface area (Å²) >= 11 is 5.68. The van der Waals surface area contributed by atoms with Crippen LogP contribution in [0.3, 0.4) is 0 Å². The predicted molar refractivity (Wildman–Crippen MR) is 63.1 cm³/mol. The van der Waals surface area contributed by atoms with E-state index in [0.717, 1.165) is 12.8 Å². The van der Waals surface area contributed by atoms with E-state index in [-0.39, 0.29) is 5.82 Å². The third-order valence-electron chi connectivity index (χ3n) is 3.39. The maximum Gasteiger partial charge on any atom is 0.127 e. The fraction of sp³-hybridized carbons (Fsp3) is 0.538. The lowest BCUT2D eigenvalue weighted by molar-refractivity contribution is 0.110. The maximum absolute atomic E-state index is 13.5. The van der Waals surface area contributed by atoms with E-state index in [4.69, 9.17) is 11.6 Å². The molecule has 1 fully saturated rings. The molecule has 0 radical (unpaired) electrons. The van der Waals surface area contributed by atoms with Crippen molar-refractivity contribution >= 4 is 11.6 Å². The molecule has 1 aromatic rings. The molecule has 0 bridgehead atoms. The van der Waals surface area contributed by atoms with Crippen LogP contribution >= 0.6 is 11.6 Å². The van der Waals surface area contributed by atoms with E-state index in [0.29, 0.717) is 22.9 Å². The normalized spacial score (nSPS) is 18.9. The van der Waals surface area contributed by atoms with E-state index in [2.05, 4.69) is 0 Å². The van der Waals surface area contributed by atoms with Crippen LogP contribution in [0.1, 0.15) is 31.2 Å². The summed E-state index contributed by atoms with van der Waals surface area (Å²) in [5.74, 6) is 0.0274. The lowest BCUT2D eigenvalue weighted by Crippen LogP contribution is -2.20. The first-order valence-electron chi connectivity index (χ1n) is 5.79. The number of hydrogen-bond donors (Lipinski definition) is 1. The number of hydrogen-bond acceptors (Lipinski definition) is 1. The molecule has 1 aliphatic rings. The first-order valence-corrected chi connectivity index (χ1v) is 6.16. The monoisotopic (exact) mass is 242 g/mol. The van der Waals surface area contributed by atoms with Gasteiger partial charge in [0.25, 0.3) is 0 Å². The molecule has 0 aromatic heterocycles. The lowest BCUT2D eigenvalue weighted by Gasteiger charge is -2.17. The third kappa shape index (κ3) is 2.74. The second-order valence-corrected chi connectivity index (χ2v) is 4.99. The minimum atomic E-state index is -0.418. The van der Waals surface area contributed by atoms with Crippen LogP contribution in [0.25, 0.3) is 0 Å². The van der Waals surface area contributed by atoms with Crippen molar-refractivity contribution in [2.45, 2.75) is 38.2 Å². The van der Waals surface area contributed by atoms with Crippen molar-refractivity contribution in [3.63, 3.8) is 0 Å². The van der Waals surface area contributed by atoms with E-state index >= 15 is 0 Å². The standard InChI is InChI=1S/C13H16ClFO/c14-11-6-5-10(12(15)8-11)7-13(16)9-3-1-2-4-9/h5-6,8-9,13,16H,1-4,7H2. The lowest BCUT2D eigenvalue weighted by atomic mass is 9.95. The SMILES string of the molecule is OC(Cc1ccc(Cl)cc1F)C1CCCC1. The number of benzene rings is 1. The van der Waals surface area contributed by atoms with E-state index in [9.17, 15) is 9.50 Å². The van der Waals surface area contributed by atoms with Gasteiger partial charge in [0.05, 0.1) is 6.10 Å². The van der Waals surface area contributed by atoms with Gasteiger partial charge in [-0.3, -0.25) is 0 Å². The van der Waals surface area contributed by atoms with Gasteiger partial charge in [-0.2, -0.15) is 0 Å². The maximum atomic E-state index is 13.5. The molecule has 1 saturated carbocycles. The largest absolute Gasteiger partial charge is 0.392 e. The number of halogens is 2. The molecule has 2 rings (SSSR count). The second-order valence-electron chi connectivity index (χ2n) is 4.55. The number of aliphatic hydroxyl groups excluding tert-OH is 1. The molecular weight excluding hydrogens is 227 g/mol. The molecule has 16 heavy (non-hydrogen) atoms. The van der Waals surface area contributed by atoms with Crippen LogP contribution in [0.5, 0.6) is 0 Å². The number of rotatable bonds is 3. The molecule has 0 spiro atoms. The minimum Gasteiger partial charge on any atom is -0.392 e. The molecule has 1 nitrogen and oxygen atoms in total. The van der Waals surface area contributed by atoms with Crippen LogP contribution in [0, 0.1) is 11.7 Å². The van der Waals surface area contributed by atoms with Crippen LogP contribution < -0.4 is 0 Å². The van der Waals surface area contributed by atoms with Gasteiger partial charge in [0.2, 0.25) is 0 Å². The summed E-state index contributed by atoms with van der Waals surface area (Å²) in [5.41, 5.74) is 0.559. The average molecular weight is 243 g/mol. The van der Waals surface area contributed by atoms with Gasteiger partial charge in [-0.1, -0.05) is 30.5 Å². The van der Waals surface area contributed by atoms with Crippen molar-refractivity contribution in [1.82, 2.24) is 0 Å². The molecule has 1 aromatic carbocycles. The Morgan fingerprint density at radius 2 is 2.06 bits per heavy atom. The summed E-state index contributed by atoms with van der Waals surface area (Å²) in [4.78, 5) is 0. The molecule has 88 valence electrons. The molecule has 1 aliphatic carbocycles. The number of aliphatic hydroxyl groups is 1. The molecule has 0 amide bonds. The molecular formula is C13H16ClFO. The Morgan fingerprint density at radius 3 is 2.69 bits per heavy atom. The smallest absolute Gasteiger partial charge is 0.127 e. The van der Waals surface area contributed by atoms with Gasteiger partial charge < -0.3 is 5.11 Å². The van der Waals surface area contributed by atoms with Crippen LogP contribution in [-0.2, 0) is 6.42 Å². The van der Waals surface area contributed by atoms with Gasteiger partial charge in [0.15, 0.2) is 0 Å². The van der Waals surface area contributed by atoms with Gasteiger partial charge in [0, 0.05) is 11.4 Å². The Bertz CT molecular complexity index is 361. The summed E-state index contributed by atoms with van der Waals surface area (Å²) < 4.78 is 13.5. The van der Waals surface area contributed by atoms with Crippen molar-refractivity contribution in [1.29, 1.82) is 0 Å². The molecule has 1 unspecified atom stereocenters. The molecule has 1 atom stereocenters. The first-order chi connectivity index (χ1) is 7.66. The molecule has 3 heteroatoms. The fourth-order valence-corrected chi connectivity index (χ4v) is 2.58. The van der Waals surface area contributed by atoms with Gasteiger partial charge in [-0.05, 0) is 36.5 Å². The highest BCUT2D eigenvalue weighted by Gasteiger charge is 2.23. The Hall–Kier alpha value is -0.600. The highest BCUT2D eigenvalue weighted by Crippen LogP contribution is 2.29. The zero-order valence-electron chi connectivity index (χ0n) is 9.13. The van der Waals surface area contributed by atoms with Gasteiger partial charge in [0.1, 0.15) is 5.82 Å². The summed E-state index contributed by atoms with van der Waals surface area (Å²) in [6.45, 7) is 0. The molecule has 0 saturated heterocycles. The topological polar surface area (TPSA) is 20.2 Å². The highest BCUT2D eigenvalue weighted by molar-refractivity contribution is 6.30. The average Bonchev–Trinajstić information content (AvgIpc) is 2.75. The van der Waals surface area contributed by atoms with Gasteiger partial charge in [-0.25, -0.2) is 4.39 Å². The van der Waals surface area contributed by atoms with Crippen molar-refractivity contribution < 1.29 is 9.50 Å². The zero-order valence-corrected chi connectivity index (χ0v) is 9.88. The zero-order chi connectivity index (χ0) is 11.5. The van der Waals surface area contributed by atoms with E-state index < -0.39 is 6.10 Å².